The number of carbonyl (C=O) groups is 1. The number of anilines is 3. The van der Waals surface area contributed by atoms with Crippen LogP contribution in [-0.2, 0) is 9.84 Å². The van der Waals surface area contributed by atoms with E-state index in [0.29, 0.717) is 10.7 Å². The van der Waals surface area contributed by atoms with Crippen molar-refractivity contribution >= 4 is 49.7 Å². The Balaban J connectivity index is 1.22. The zero-order chi connectivity index (χ0) is 24.6. The number of piperazine rings is 1. The molecule has 3 heterocycles. The monoisotopic (exact) mass is 513 g/mol. The Bertz CT molecular complexity index is 1240. The average Bonchev–Trinajstić information content (AvgIpc) is 3.33. The number of sulfone groups is 1. The van der Waals surface area contributed by atoms with Crippen molar-refractivity contribution in [3.8, 4) is 0 Å². The molecule has 2 aromatic carbocycles. The van der Waals surface area contributed by atoms with Crippen molar-refractivity contribution in [2.45, 2.75) is 25.1 Å². The summed E-state index contributed by atoms with van der Waals surface area (Å²) in [6.07, 6.45) is 0. The lowest BCUT2D eigenvalue weighted by Crippen LogP contribution is -2.46. The normalized spacial score (nSPS) is 23.6. The average molecular weight is 514 g/mol. The number of nitrogens with one attached hydrogen (secondary N) is 2. The van der Waals surface area contributed by atoms with E-state index in [2.05, 4.69) is 44.5 Å². The van der Waals surface area contributed by atoms with Crippen molar-refractivity contribution < 1.29 is 13.2 Å². The first kappa shape index (κ1) is 24.1. The molecule has 35 heavy (non-hydrogen) atoms. The second-order valence-electron chi connectivity index (χ2n) is 9.31. The van der Waals surface area contributed by atoms with Gasteiger partial charge >= 0.3 is 0 Å². The third-order valence-corrected chi connectivity index (χ3v) is 10.0. The molecule has 3 aliphatic rings. The molecule has 0 saturated carbocycles. The van der Waals surface area contributed by atoms with Gasteiger partial charge < -0.3 is 20.4 Å². The van der Waals surface area contributed by atoms with E-state index in [0.717, 1.165) is 49.7 Å². The number of hydrogen-bond donors (Lipinski definition) is 2. The Morgan fingerprint density at radius 3 is 2.51 bits per heavy atom. The molecule has 0 spiro atoms. The summed E-state index contributed by atoms with van der Waals surface area (Å²) in [5.74, 6) is 0.110. The highest BCUT2D eigenvalue weighted by Gasteiger charge is 2.42. The van der Waals surface area contributed by atoms with E-state index in [4.69, 9.17) is 0 Å². The van der Waals surface area contributed by atoms with Gasteiger partial charge in [0.15, 0.2) is 15.0 Å². The molecule has 5 rings (SSSR count). The highest BCUT2D eigenvalue weighted by molar-refractivity contribution is 8.15. The number of nitrogens with zero attached hydrogens (tertiary/aromatic N) is 3. The maximum atomic E-state index is 12.9. The van der Waals surface area contributed by atoms with Crippen LogP contribution in [0.25, 0.3) is 0 Å². The molecule has 0 bridgehead atoms. The topological polar surface area (TPSA) is 94.1 Å². The number of hydrogen-bond acceptors (Lipinski definition) is 8. The molecule has 2 saturated heterocycles. The minimum atomic E-state index is -2.98. The third-order valence-electron chi connectivity index (χ3n) is 6.87. The van der Waals surface area contributed by atoms with E-state index in [9.17, 15) is 13.2 Å². The maximum absolute atomic E-state index is 12.9. The smallest absolute Gasteiger partial charge is 0.255 e. The van der Waals surface area contributed by atoms with Crippen LogP contribution in [-0.4, -0.2) is 79.9 Å². The van der Waals surface area contributed by atoms with Crippen LogP contribution < -0.4 is 15.5 Å². The van der Waals surface area contributed by atoms with Crippen LogP contribution in [0.3, 0.4) is 0 Å². The number of likely N-dealkylation sites (N-methyl/N-ethyl adjacent to an activating group) is 1. The van der Waals surface area contributed by atoms with Crippen molar-refractivity contribution in [1.82, 2.24) is 4.90 Å². The molecule has 0 radical (unpaired) electrons. The Morgan fingerprint density at radius 2 is 1.83 bits per heavy atom. The summed E-state index contributed by atoms with van der Waals surface area (Å²) < 4.78 is 23.6. The lowest BCUT2D eigenvalue weighted by molar-refractivity contribution is 0.102. The van der Waals surface area contributed by atoms with Gasteiger partial charge in [-0.25, -0.2) is 8.42 Å². The molecule has 3 aliphatic heterocycles. The summed E-state index contributed by atoms with van der Waals surface area (Å²) in [7, 11) is -2.98. The summed E-state index contributed by atoms with van der Waals surface area (Å²) in [5.41, 5.74) is 4.26. The van der Waals surface area contributed by atoms with Gasteiger partial charge in [-0.1, -0.05) is 24.8 Å². The zero-order valence-electron chi connectivity index (χ0n) is 20.0. The molecule has 0 aromatic heterocycles. The number of aliphatic imine (C=N–C) groups is 1. The third kappa shape index (κ3) is 5.49. The Hall–Kier alpha value is -2.56. The molecule has 0 unspecified atom stereocenters. The molecular formula is C25H31N5O3S2. The number of aryl methyl sites for hydroxylation is 1. The molecule has 2 atom stereocenters. The number of amidine groups is 1. The summed E-state index contributed by atoms with van der Waals surface area (Å²) in [6, 6.07) is 13.4. The predicted octanol–water partition coefficient (Wildman–Crippen LogP) is 3.07. The second kappa shape index (κ2) is 9.83. The molecule has 8 nitrogen and oxygen atoms in total. The zero-order valence-corrected chi connectivity index (χ0v) is 21.7. The van der Waals surface area contributed by atoms with Crippen LogP contribution in [0.2, 0.25) is 0 Å². The van der Waals surface area contributed by atoms with Gasteiger partial charge in [0.2, 0.25) is 0 Å². The van der Waals surface area contributed by atoms with E-state index in [1.807, 2.05) is 37.3 Å². The molecule has 2 N–H and O–H groups in total. The van der Waals surface area contributed by atoms with Gasteiger partial charge in [0.1, 0.15) is 0 Å². The van der Waals surface area contributed by atoms with Gasteiger partial charge in [-0.05, 0) is 55.4 Å². The Morgan fingerprint density at radius 1 is 1.09 bits per heavy atom. The summed E-state index contributed by atoms with van der Waals surface area (Å²) in [6.45, 7) is 9.43. The van der Waals surface area contributed by atoms with E-state index in [1.165, 1.54) is 17.4 Å². The van der Waals surface area contributed by atoms with Crippen LogP contribution in [0.5, 0.6) is 0 Å². The number of benzene rings is 2. The first-order valence-corrected chi connectivity index (χ1v) is 14.7. The molecular weight excluding hydrogens is 482 g/mol. The number of thioether (sulfide) groups is 1. The van der Waals surface area contributed by atoms with Gasteiger partial charge in [-0.2, -0.15) is 0 Å². The van der Waals surface area contributed by atoms with E-state index < -0.39 is 9.84 Å². The fourth-order valence-corrected chi connectivity index (χ4v) is 8.38. The van der Waals surface area contributed by atoms with Crippen molar-refractivity contribution in [3.63, 3.8) is 0 Å². The number of fused-ring (bicyclic) bond motifs is 1. The van der Waals surface area contributed by atoms with E-state index >= 15 is 0 Å². The fraction of sp³-hybridized carbons (Fsp3) is 0.440. The fourth-order valence-electron chi connectivity index (χ4n) is 4.71. The predicted molar refractivity (Wildman–Crippen MR) is 145 cm³/mol. The number of carbonyl (C=O) groups excluding carboxylic acids is 1. The summed E-state index contributed by atoms with van der Waals surface area (Å²) in [5, 5.41) is 6.99. The van der Waals surface area contributed by atoms with Crippen LogP contribution in [0, 0.1) is 6.92 Å². The minimum absolute atomic E-state index is 0.0206. The van der Waals surface area contributed by atoms with Gasteiger partial charge in [-0.3, -0.25) is 9.79 Å². The molecule has 1 amide bonds. The van der Waals surface area contributed by atoms with Gasteiger partial charge in [0.25, 0.3) is 5.91 Å². The van der Waals surface area contributed by atoms with Crippen LogP contribution in [0.15, 0.2) is 47.5 Å². The lowest BCUT2D eigenvalue weighted by Gasteiger charge is -2.35. The Labute approximate surface area is 211 Å². The second-order valence-corrected chi connectivity index (χ2v) is 12.7. The highest BCUT2D eigenvalue weighted by Crippen LogP contribution is 2.35. The molecule has 2 fully saturated rings. The van der Waals surface area contributed by atoms with Crippen LogP contribution in [0.1, 0.15) is 22.8 Å². The number of amides is 1. The molecule has 2 aromatic rings. The van der Waals surface area contributed by atoms with Gasteiger partial charge in [0.05, 0.1) is 17.5 Å². The summed E-state index contributed by atoms with van der Waals surface area (Å²) >= 11 is 1.47. The van der Waals surface area contributed by atoms with Gasteiger partial charge in [0, 0.05) is 54.1 Å². The van der Waals surface area contributed by atoms with Crippen molar-refractivity contribution in [3.05, 3.63) is 53.6 Å². The lowest BCUT2D eigenvalue weighted by atomic mass is 10.1. The molecule has 10 heteroatoms. The first-order valence-electron chi connectivity index (χ1n) is 12.0. The quantitative estimate of drug-likeness (QED) is 0.635. The molecule has 0 aliphatic carbocycles. The maximum Gasteiger partial charge on any atom is 0.255 e. The van der Waals surface area contributed by atoms with E-state index in [-0.39, 0.29) is 28.7 Å². The largest absolute Gasteiger partial charge is 0.369 e. The standard InChI is InChI=1S/C25H31N5O3S2/c1-3-29-10-12-30(13-11-29)20-8-6-19(7-9-20)26-24(31)18-5-4-17(2)21(14-18)27-25-28-22-15-35(32,33)16-23(22)34-25/h4-9,14,22-23H,3,10-13,15-16H2,1-2H3,(H,26,31)(H,27,28)/t22-,23-/m0/s1. The van der Waals surface area contributed by atoms with Crippen LogP contribution in [0.4, 0.5) is 17.1 Å². The minimum Gasteiger partial charge on any atom is -0.369 e. The van der Waals surface area contributed by atoms with Crippen LogP contribution >= 0.6 is 11.8 Å². The van der Waals surface area contributed by atoms with Crippen molar-refractivity contribution in [1.29, 1.82) is 0 Å². The van der Waals surface area contributed by atoms with Gasteiger partial charge in [-0.15, -0.1) is 0 Å². The first-order chi connectivity index (χ1) is 16.8. The van der Waals surface area contributed by atoms with E-state index in [1.54, 1.807) is 0 Å². The highest BCUT2D eigenvalue weighted by atomic mass is 32.2. The van der Waals surface area contributed by atoms with Crippen molar-refractivity contribution in [2.75, 3.05) is 59.8 Å². The summed E-state index contributed by atoms with van der Waals surface area (Å²) in [4.78, 5) is 22.3. The van der Waals surface area contributed by atoms with Crippen molar-refractivity contribution in [2.24, 2.45) is 4.99 Å². The Kier molecular flexibility index (Phi) is 6.78. The SMILES string of the molecule is CCN1CCN(c2ccc(NC(=O)c3ccc(C)c(NC4=N[C@H]5CS(=O)(=O)C[C@@H]5S4)c3)cc2)CC1. The number of rotatable bonds is 5. The molecule has 186 valence electrons.